The lowest BCUT2D eigenvalue weighted by Gasteiger charge is -2.41. The van der Waals surface area contributed by atoms with Crippen LogP contribution in [0.25, 0.3) is 28.1 Å². The lowest BCUT2D eigenvalue weighted by molar-refractivity contribution is -0.148. The van der Waals surface area contributed by atoms with E-state index in [1.165, 1.54) is 26.2 Å². The summed E-state index contributed by atoms with van der Waals surface area (Å²) in [5.74, 6) is -5.80. The van der Waals surface area contributed by atoms with Gasteiger partial charge in [0.2, 0.25) is 47.3 Å². The summed E-state index contributed by atoms with van der Waals surface area (Å²) in [7, 11) is 7.67. The number of nitrogens with two attached hydrogens (primary N) is 1. The number of nitrogens with one attached hydrogen (secondary N) is 7. The van der Waals surface area contributed by atoms with Crippen molar-refractivity contribution in [1.82, 2.24) is 56.4 Å². The van der Waals surface area contributed by atoms with Crippen LogP contribution in [-0.2, 0) is 65.7 Å². The molecule has 0 radical (unpaired) electrons. The highest BCUT2D eigenvalue weighted by Gasteiger charge is 2.45. The Bertz CT molecular complexity index is 4380. The monoisotopic (exact) mass is 1610 g/mol. The van der Waals surface area contributed by atoms with Gasteiger partial charge in [-0.15, -0.1) is 0 Å². The minimum Gasteiger partial charge on any atom is -0.445 e. The van der Waals surface area contributed by atoms with Crippen molar-refractivity contribution in [3.8, 4) is 28.1 Å². The smallest absolute Gasteiger partial charge is 0.410 e. The molecule has 2 aliphatic rings. The fourth-order valence-electron chi connectivity index (χ4n) is 15.5. The second-order valence-electron chi connectivity index (χ2n) is 31.6. The number of methoxy groups -OCH3 is 2. The molecule has 29 nitrogen and oxygen atoms in total. The second kappa shape index (κ2) is 43.2. The SMILES string of the molecule is CC[C@H](C)[C@@H]([C@@H](CC(=O)N1CCC[C@H]1[C@H](OC)[C@@H](C)C(=O)N[C@H](C)[C@@H](O)c1ccccc1)OC)N(C)C(=O)[C@@H](NC(=O)[C@H](C(C)C)N(C)C(=O)OCc1ccc(NC(=O)[C@H](CCCNC(N)=O)NC(=O)[C@@H](NC(=O)CCCCC(=O)N2Cc3ccccc3-c3nn(-c4ccc(C(=O)NC)cc4)cc3-c3ccccc32)C(C)C)cc1)C(C)C. The molecule has 117 heavy (non-hydrogen) atoms. The first kappa shape index (κ1) is 91.5. The Hall–Kier alpha value is -11.0. The highest BCUT2D eigenvalue weighted by molar-refractivity contribution is 6.02. The van der Waals surface area contributed by atoms with Crippen LogP contribution in [0.3, 0.4) is 0 Å². The number of carbonyl (C=O) groups excluding carboxylic acids is 11. The summed E-state index contributed by atoms with van der Waals surface area (Å²) in [6.07, 6.45) is 1.55. The number of carbonyl (C=O) groups is 11. The zero-order valence-electron chi connectivity index (χ0n) is 70.2. The lowest BCUT2D eigenvalue weighted by atomic mass is 9.89. The summed E-state index contributed by atoms with van der Waals surface area (Å²) in [6.45, 7) is 18.6. The molecule has 3 heterocycles. The normalized spacial score (nSPS) is 15.9. The highest BCUT2D eigenvalue weighted by Crippen LogP contribution is 2.43. The van der Waals surface area contributed by atoms with Crippen LogP contribution < -0.4 is 47.9 Å². The van der Waals surface area contributed by atoms with E-state index in [1.54, 1.807) is 137 Å². The number of benzene rings is 5. The Morgan fingerprint density at radius 3 is 1.94 bits per heavy atom. The lowest BCUT2D eigenvalue weighted by Crippen LogP contribution is -2.60. The molecule has 12 amide bonds. The van der Waals surface area contributed by atoms with E-state index < -0.39 is 126 Å². The number of aliphatic hydroxyl groups is 1. The van der Waals surface area contributed by atoms with E-state index >= 15 is 0 Å². The van der Waals surface area contributed by atoms with Gasteiger partial charge in [0.15, 0.2) is 0 Å². The maximum atomic E-state index is 14.9. The molecular formula is C88H120N14O15. The van der Waals surface area contributed by atoms with E-state index in [4.69, 9.17) is 25.0 Å². The number of unbranched alkanes of at least 4 members (excludes halogenated alkanes) is 1. The predicted octanol–water partition coefficient (Wildman–Crippen LogP) is 9.58. The van der Waals surface area contributed by atoms with Gasteiger partial charge in [-0.3, -0.25) is 48.1 Å². The Morgan fingerprint density at radius 1 is 0.658 bits per heavy atom. The van der Waals surface area contributed by atoms with Crippen LogP contribution in [0.1, 0.15) is 167 Å². The van der Waals surface area contributed by atoms with E-state index in [0.29, 0.717) is 66.7 Å². The number of likely N-dealkylation sites (N-methyl/N-ethyl adjacent to an activating group) is 2. The molecule has 5 aromatic carbocycles. The molecule has 6 aromatic rings. The molecular weight excluding hydrogens is 1490 g/mol. The fraction of sp³-hybridized carbons (Fsp3) is 0.500. The van der Waals surface area contributed by atoms with Gasteiger partial charge in [-0.05, 0) is 128 Å². The number of hydrogen-bond donors (Lipinski definition) is 9. The van der Waals surface area contributed by atoms with Crippen molar-refractivity contribution in [2.24, 2.45) is 35.3 Å². The molecule has 0 saturated carbocycles. The van der Waals surface area contributed by atoms with E-state index in [1.807, 2.05) is 98.9 Å². The van der Waals surface area contributed by atoms with Crippen molar-refractivity contribution in [1.29, 1.82) is 0 Å². The molecule has 1 fully saturated rings. The molecule has 12 atom stereocenters. The number of amides is 12. The molecule has 2 aliphatic heterocycles. The Morgan fingerprint density at radius 2 is 1.31 bits per heavy atom. The standard InChI is InChI=1S/C88H120N14O15/c1-16-55(8)78(70(115-14)48-73(105)100-47-27-35-69(100)80(116-15)56(9)81(107)92-57(10)79(106)59-28-18-17-19-29-59)98(12)86(112)75(53(4)5)96-85(111)77(54(6)7)99(13)88(114)117-51-58-38-42-62(43-39-58)93-83(109)67(33-26-46-91-87(89)113)94-84(110)74(52(2)3)95-71(103)36-24-25-37-72(104)101-49-61-30-20-21-31-64(61)76-66(65-32-22-23-34-68(65)101)50-102(97-76)63-44-40-60(41-45-63)82(108)90-11/h17-23,28-32,34,38-45,50,52-57,67,69-70,74-75,77-80,106H,16,24-27,33,35-37,46-49,51H2,1-15H3,(H,90,108)(H,92,107)(H,93,109)(H,94,110)(H,95,103)(H,96,111)(H3,89,91,113)/t55-,56+,57+,67-,69-,70+,74-,75-,77-,78-,79+,80+/m0/s1. The first-order chi connectivity index (χ1) is 55.8. The van der Waals surface area contributed by atoms with E-state index in [2.05, 4.69) is 37.2 Å². The molecule has 0 spiro atoms. The van der Waals surface area contributed by atoms with Crippen molar-refractivity contribution in [3.05, 3.63) is 156 Å². The minimum absolute atomic E-state index is 0.00176. The quantitative estimate of drug-likeness (QED) is 0.0162. The first-order valence-corrected chi connectivity index (χ1v) is 40.6. The van der Waals surface area contributed by atoms with Crippen LogP contribution in [0.15, 0.2) is 134 Å². The number of rotatable bonds is 39. The summed E-state index contributed by atoms with van der Waals surface area (Å²) >= 11 is 0. The van der Waals surface area contributed by atoms with Crippen molar-refractivity contribution in [2.75, 3.05) is 58.7 Å². The van der Waals surface area contributed by atoms with Crippen LogP contribution >= 0.6 is 0 Å². The number of urea groups is 1. The molecule has 1 saturated heterocycles. The van der Waals surface area contributed by atoms with Gasteiger partial charge in [-0.2, -0.15) is 5.10 Å². The van der Waals surface area contributed by atoms with Crippen LogP contribution in [0, 0.1) is 29.6 Å². The molecule has 0 unspecified atom stereocenters. The van der Waals surface area contributed by atoms with Gasteiger partial charge >= 0.3 is 12.1 Å². The van der Waals surface area contributed by atoms with Crippen LogP contribution in [-0.4, -0.2) is 198 Å². The summed E-state index contributed by atoms with van der Waals surface area (Å²) in [6, 6.07) is 31.2. The summed E-state index contributed by atoms with van der Waals surface area (Å²) in [5.41, 5.74) is 12.9. The molecule has 1 aromatic heterocycles. The van der Waals surface area contributed by atoms with E-state index in [9.17, 15) is 57.8 Å². The summed E-state index contributed by atoms with van der Waals surface area (Å²) in [4.78, 5) is 158. The Balaban J connectivity index is 0.835. The van der Waals surface area contributed by atoms with Crippen molar-refractivity contribution in [3.63, 3.8) is 0 Å². The van der Waals surface area contributed by atoms with Gasteiger partial charge in [0, 0.05) is 95.4 Å². The number of likely N-dealkylation sites (tertiary alicyclic amines) is 1. The van der Waals surface area contributed by atoms with E-state index in [-0.39, 0.29) is 81.3 Å². The topological polar surface area (TPSA) is 377 Å². The van der Waals surface area contributed by atoms with Crippen molar-refractivity contribution in [2.45, 2.75) is 207 Å². The number of ether oxygens (including phenoxy) is 3. The van der Waals surface area contributed by atoms with Gasteiger partial charge in [-0.25, -0.2) is 14.3 Å². The number of fused-ring (bicyclic) bond motifs is 5. The van der Waals surface area contributed by atoms with Gasteiger partial charge < -0.3 is 77.0 Å². The number of aromatic nitrogens is 2. The fourth-order valence-corrected chi connectivity index (χ4v) is 15.5. The minimum atomic E-state index is -1.15. The average Bonchev–Trinajstić information content (AvgIpc) is 1.64. The van der Waals surface area contributed by atoms with E-state index in [0.717, 1.165) is 33.6 Å². The molecule has 0 bridgehead atoms. The Labute approximate surface area is 687 Å². The molecule has 8 rings (SSSR count). The number of anilines is 2. The third kappa shape index (κ3) is 23.9. The van der Waals surface area contributed by atoms with Crippen LogP contribution in [0.2, 0.25) is 0 Å². The number of para-hydroxylation sites is 1. The van der Waals surface area contributed by atoms with Gasteiger partial charge in [0.05, 0.1) is 66.7 Å². The average molecular weight is 1610 g/mol. The number of nitrogens with zero attached hydrogens (tertiary/aromatic N) is 6. The molecule has 10 N–H and O–H groups in total. The maximum absolute atomic E-state index is 14.9. The zero-order valence-corrected chi connectivity index (χ0v) is 70.2. The predicted molar refractivity (Wildman–Crippen MR) is 447 cm³/mol. The highest BCUT2D eigenvalue weighted by atomic mass is 16.6. The Kier molecular flexibility index (Phi) is 33.8. The van der Waals surface area contributed by atoms with Gasteiger partial charge in [-0.1, -0.05) is 154 Å². The summed E-state index contributed by atoms with van der Waals surface area (Å²) < 4.78 is 19.6. The second-order valence-corrected chi connectivity index (χ2v) is 31.6. The van der Waals surface area contributed by atoms with Crippen LogP contribution in [0.4, 0.5) is 21.0 Å². The van der Waals surface area contributed by atoms with Gasteiger partial charge in [0.25, 0.3) is 5.91 Å². The van der Waals surface area contributed by atoms with Crippen molar-refractivity contribution < 1.29 is 72.1 Å². The first-order valence-electron chi connectivity index (χ1n) is 40.6. The third-order valence-electron chi connectivity index (χ3n) is 22.3. The summed E-state index contributed by atoms with van der Waals surface area (Å²) in [5, 5.41) is 35.6. The third-order valence-corrected chi connectivity index (χ3v) is 22.3. The largest absolute Gasteiger partial charge is 0.445 e. The zero-order chi connectivity index (χ0) is 85.5. The number of aliphatic hydroxyl groups excluding tert-OH is 1. The molecule has 29 heteroatoms. The molecule has 632 valence electrons. The maximum Gasteiger partial charge on any atom is 0.410 e. The van der Waals surface area contributed by atoms with Crippen molar-refractivity contribution >= 4 is 76.7 Å². The van der Waals surface area contributed by atoms with Gasteiger partial charge in [0.1, 0.15) is 36.5 Å². The molecule has 0 aliphatic carbocycles. The number of primary amides is 1. The van der Waals surface area contributed by atoms with Crippen LogP contribution in [0.5, 0.6) is 0 Å². The number of hydrogen-bond acceptors (Lipinski definition) is 16.